The number of rotatable bonds is 1. The van der Waals surface area contributed by atoms with Crippen LogP contribution in [0.15, 0.2) is 0 Å². The molecule has 1 aliphatic heterocycles. The lowest BCUT2D eigenvalue weighted by atomic mass is 9.60. The molecular weight excluding hydrogens is 224 g/mol. The van der Waals surface area contributed by atoms with Gasteiger partial charge in [-0.05, 0) is 64.5 Å². The number of aliphatic hydroxyl groups is 1. The molecule has 3 nitrogen and oxygen atoms in total. The molecule has 1 heterocycles. The van der Waals surface area contributed by atoms with Crippen molar-refractivity contribution in [1.82, 2.24) is 4.90 Å². The van der Waals surface area contributed by atoms with E-state index in [9.17, 15) is 10.4 Å². The van der Waals surface area contributed by atoms with Crippen LogP contribution >= 0.6 is 0 Å². The zero-order valence-electron chi connectivity index (χ0n) is 11.8. The Morgan fingerprint density at radius 2 is 1.83 bits per heavy atom. The molecule has 1 unspecified atom stereocenters. The zero-order valence-corrected chi connectivity index (χ0v) is 11.8. The minimum atomic E-state index is -0.757. The van der Waals surface area contributed by atoms with Crippen molar-refractivity contribution < 1.29 is 5.11 Å². The molecule has 1 N–H and O–H groups in total. The average molecular weight is 250 g/mol. The van der Waals surface area contributed by atoms with E-state index in [0.717, 1.165) is 58.0 Å². The van der Waals surface area contributed by atoms with Gasteiger partial charge in [-0.25, -0.2) is 0 Å². The molecule has 0 radical (unpaired) electrons. The third-order valence-corrected chi connectivity index (χ3v) is 5.27. The Morgan fingerprint density at radius 3 is 2.44 bits per heavy atom. The highest BCUT2D eigenvalue weighted by Crippen LogP contribution is 2.50. The highest BCUT2D eigenvalue weighted by molar-refractivity contribution is 5.13. The zero-order chi connectivity index (χ0) is 13.2. The van der Waals surface area contributed by atoms with Crippen molar-refractivity contribution in [2.45, 2.75) is 57.5 Å². The van der Waals surface area contributed by atoms with Crippen LogP contribution in [0, 0.1) is 22.7 Å². The fourth-order valence-corrected chi connectivity index (χ4v) is 3.67. The highest BCUT2D eigenvalue weighted by atomic mass is 16.3. The Bertz CT molecular complexity index is 328. The van der Waals surface area contributed by atoms with Crippen LogP contribution in [0.5, 0.6) is 0 Å². The molecule has 0 aromatic carbocycles. The maximum Gasteiger partial charge on any atom is 0.0861 e. The first-order valence-corrected chi connectivity index (χ1v) is 7.33. The fourth-order valence-electron chi connectivity index (χ4n) is 3.67. The summed E-state index contributed by atoms with van der Waals surface area (Å²) in [5.41, 5.74) is -1.24. The predicted octanol–water partition coefficient (Wildman–Crippen LogP) is 2.55. The predicted molar refractivity (Wildman–Crippen MR) is 72.0 cm³/mol. The molecule has 0 amide bonds. The summed E-state index contributed by atoms with van der Waals surface area (Å²) in [6.45, 7) is 4.21. The summed E-state index contributed by atoms with van der Waals surface area (Å²) < 4.78 is 0. The molecule has 1 saturated heterocycles. The van der Waals surface area contributed by atoms with E-state index in [0.29, 0.717) is 5.92 Å². The SMILES string of the molecule is CC1CCC(C#N)(C2(O)CCCN(C)CC2)CC1. The van der Waals surface area contributed by atoms with E-state index in [-0.39, 0.29) is 0 Å². The molecule has 2 fully saturated rings. The van der Waals surface area contributed by atoms with Gasteiger partial charge in [0.2, 0.25) is 0 Å². The van der Waals surface area contributed by atoms with E-state index in [1.165, 1.54) is 0 Å². The van der Waals surface area contributed by atoms with E-state index in [1.807, 2.05) is 0 Å². The molecule has 0 aromatic rings. The van der Waals surface area contributed by atoms with Crippen LogP contribution in [0.25, 0.3) is 0 Å². The molecule has 0 aromatic heterocycles. The van der Waals surface area contributed by atoms with E-state index in [2.05, 4.69) is 24.9 Å². The smallest absolute Gasteiger partial charge is 0.0861 e. The first-order chi connectivity index (χ1) is 8.51. The van der Waals surface area contributed by atoms with Gasteiger partial charge >= 0.3 is 0 Å². The number of nitrogens with zero attached hydrogens (tertiary/aromatic N) is 2. The number of nitriles is 1. The number of hydrogen-bond donors (Lipinski definition) is 1. The lowest BCUT2D eigenvalue weighted by molar-refractivity contribution is -0.0866. The van der Waals surface area contributed by atoms with Gasteiger partial charge in [0.25, 0.3) is 0 Å². The van der Waals surface area contributed by atoms with Crippen molar-refractivity contribution in [2.24, 2.45) is 11.3 Å². The minimum absolute atomic E-state index is 0.481. The van der Waals surface area contributed by atoms with Gasteiger partial charge in [0.05, 0.1) is 17.1 Å². The monoisotopic (exact) mass is 250 g/mol. The molecule has 2 rings (SSSR count). The number of hydrogen-bond acceptors (Lipinski definition) is 3. The summed E-state index contributed by atoms with van der Waals surface area (Å²) in [7, 11) is 2.10. The summed E-state index contributed by atoms with van der Waals surface area (Å²) in [4.78, 5) is 2.27. The Labute approximate surface area is 111 Å². The largest absolute Gasteiger partial charge is 0.388 e. The lowest BCUT2D eigenvalue weighted by Gasteiger charge is -2.46. The van der Waals surface area contributed by atoms with Crippen molar-refractivity contribution in [3.63, 3.8) is 0 Å². The normalized spacial score (nSPS) is 43.1. The maximum absolute atomic E-state index is 11.1. The van der Waals surface area contributed by atoms with Crippen molar-refractivity contribution in [1.29, 1.82) is 5.26 Å². The van der Waals surface area contributed by atoms with Gasteiger partial charge < -0.3 is 10.0 Å². The van der Waals surface area contributed by atoms with Gasteiger partial charge in [0, 0.05) is 6.54 Å². The first kappa shape index (κ1) is 13.8. The Kier molecular flexibility index (Phi) is 3.99. The van der Waals surface area contributed by atoms with Crippen molar-refractivity contribution in [3.8, 4) is 6.07 Å². The maximum atomic E-state index is 11.1. The quantitative estimate of drug-likeness (QED) is 0.778. The Morgan fingerprint density at radius 1 is 1.17 bits per heavy atom. The third kappa shape index (κ3) is 2.41. The van der Waals surface area contributed by atoms with E-state index in [4.69, 9.17) is 0 Å². The van der Waals surface area contributed by atoms with Gasteiger partial charge in [-0.3, -0.25) is 0 Å². The molecule has 0 spiro atoms. The van der Waals surface area contributed by atoms with Crippen LogP contribution in [0.3, 0.4) is 0 Å². The summed E-state index contributed by atoms with van der Waals surface area (Å²) in [5.74, 6) is 0.712. The fraction of sp³-hybridized carbons (Fsp3) is 0.933. The van der Waals surface area contributed by atoms with Gasteiger partial charge in [-0.1, -0.05) is 6.92 Å². The summed E-state index contributed by atoms with van der Waals surface area (Å²) >= 11 is 0. The average Bonchev–Trinajstić information content (AvgIpc) is 2.54. The standard InChI is InChI=1S/C15H26N2O/c1-13-4-7-14(12-16,8-5-13)15(18)6-3-10-17(2)11-9-15/h13,18H,3-11H2,1-2H3. The van der Waals surface area contributed by atoms with Crippen LogP contribution in [0.1, 0.15) is 51.9 Å². The molecule has 0 bridgehead atoms. The van der Waals surface area contributed by atoms with Crippen LogP contribution in [-0.2, 0) is 0 Å². The van der Waals surface area contributed by atoms with Crippen LogP contribution < -0.4 is 0 Å². The third-order valence-electron chi connectivity index (χ3n) is 5.27. The summed E-state index contributed by atoms with van der Waals surface area (Å²) in [5, 5.41) is 20.8. The van der Waals surface area contributed by atoms with Gasteiger partial charge in [0.15, 0.2) is 0 Å². The highest BCUT2D eigenvalue weighted by Gasteiger charge is 2.51. The topological polar surface area (TPSA) is 47.3 Å². The number of likely N-dealkylation sites (tertiary alicyclic amines) is 1. The Hall–Kier alpha value is -0.590. The Balaban J connectivity index is 2.18. The molecule has 102 valence electrons. The summed E-state index contributed by atoms with van der Waals surface area (Å²) in [6.07, 6.45) is 6.49. The van der Waals surface area contributed by atoms with E-state index >= 15 is 0 Å². The second-order valence-corrected chi connectivity index (χ2v) is 6.56. The van der Waals surface area contributed by atoms with Crippen LogP contribution in [0.2, 0.25) is 0 Å². The second kappa shape index (κ2) is 5.19. The van der Waals surface area contributed by atoms with Gasteiger partial charge in [-0.15, -0.1) is 0 Å². The van der Waals surface area contributed by atoms with E-state index < -0.39 is 11.0 Å². The molecule has 2 aliphatic rings. The minimum Gasteiger partial charge on any atom is -0.388 e. The molecule has 1 aliphatic carbocycles. The summed E-state index contributed by atoms with van der Waals surface area (Å²) in [6, 6.07) is 2.52. The molecule has 1 atom stereocenters. The van der Waals surface area contributed by atoms with Crippen molar-refractivity contribution in [2.75, 3.05) is 20.1 Å². The molecular formula is C15H26N2O. The van der Waals surface area contributed by atoms with Crippen LogP contribution in [-0.4, -0.2) is 35.7 Å². The van der Waals surface area contributed by atoms with Crippen LogP contribution in [0.4, 0.5) is 0 Å². The van der Waals surface area contributed by atoms with E-state index in [1.54, 1.807) is 0 Å². The van der Waals surface area contributed by atoms with Crippen molar-refractivity contribution >= 4 is 0 Å². The molecule has 1 saturated carbocycles. The first-order valence-electron chi connectivity index (χ1n) is 7.33. The molecule has 18 heavy (non-hydrogen) atoms. The second-order valence-electron chi connectivity index (χ2n) is 6.56. The molecule has 3 heteroatoms. The van der Waals surface area contributed by atoms with Gasteiger partial charge in [-0.2, -0.15) is 5.26 Å². The van der Waals surface area contributed by atoms with Crippen molar-refractivity contribution in [3.05, 3.63) is 0 Å². The van der Waals surface area contributed by atoms with Gasteiger partial charge in [0.1, 0.15) is 0 Å². The lowest BCUT2D eigenvalue weighted by Crippen LogP contribution is -2.49.